The molecule has 0 saturated carbocycles. The number of hydrogen-bond donors (Lipinski definition) is 1. The Balaban J connectivity index is 1.78. The zero-order chi connectivity index (χ0) is 22.2. The van der Waals surface area contributed by atoms with Crippen LogP contribution in [0.15, 0.2) is 84.9 Å². The van der Waals surface area contributed by atoms with Crippen LogP contribution in [0.4, 0.5) is 5.69 Å². The molecule has 0 radical (unpaired) electrons. The molecular weight excluding hydrogens is 392 g/mol. The second-order valence-electron chi connectivity index (χ2n) is 8.57. The Hall–Kier alpha value is -3.72. The highest BCUT2D eigenvalue weighted by Gasteiger charge is 2.25. The van der Waals surface area contributed by atoms with Crippen molar-refractivity contribution in [1.82, 2.24) is 4.98 Å². The molecule has 5 aromatic rings. The minimum absolute atomic E-state index is 0.0261. The Morgan fingerprint density at radius 3 is 2.31 bits per heavy atom. The standard InChI is InChI=1S/C29H28N2O/c1-19-24-11-7-8-12-26(24)30-29(19)28(22-14-13-20-9-5-6-10-21(20)17-22)25-16-15-23(31(2)3)18-27(25)32-4/h5-18,28,30H,1-4H3. The van der Waals surface area contributed by atoms with Gasteiger partial charge in [0, 0.05) is 48.0 Å². The molecule has 1 aromatic heterocycles. The van der Waals surface area contributed by atoms with Crippen LogP contribution in [0.2, 0.25) is 0 Å². The van der Waals surface area contributed by atoms with E-state index in [4.69, 9.17) is 4.74 Å². The second-order valence-corrected chi connectivity index (χ2v) is 8.57. The summed E-state index contributed by atoms with van der Waals surface area (Å²) in [5, 5.41) is 3.75. The van der Waals surface area contributed by atoms with E-state index in [9.17, 15) is 0 Å². The molecule has 3 nitrogen and oxygen atoms in total. The van der Waals surface area contributed by atoms with Crippen molar-refractivity contribution in [2.75, 3.05) is 26.1 Å². The number of ether oxygens (including phenoxy) is 1. The summed E-state index contributed by atoms with van der Waals surface area (Å²) in [4.78, 5) is 5.83. The van der Waals surface area contributed by atoms with Gasteiger partial charge in [0.15, 0.2) is 0 Å². The third kappa shape index (κ3) is 3.40. The number of methoxy groups -OCH3 is 1. The van der Waals surface area contributed by atoms with E-state index in [1.165, 1.54) is 33.0 Å². The normalized spacial score (nSPS) is 12.2. The van der Waals surface area contributed by atoms with Crippen molar-refractivity contribution in [3.8, 4) is 5.75 Å². The molecule has 0 amide bonds. The smallest absolute Gasteiger partial charge is 0.125 e. The number of nitrogens with one attached hydrogen (secondary N) is 1. The highest BCUT2D eigenvalue weighted by atomic mass is 16.5. The van der Waals surface area contributed by atoms with Crippen molar-refractivity contribution in [3.63, 3.8) is 0 Å². The topological polar surface area (TPSA) is 28.3 Å². The van der Waals surface area contributed by atoms with Crippen molar-refractivity contribution in [1.29, 1.82) is 0 Å². The van der Waals surface area contributed by atoms with Crippen molar-refractivity contribution in [2.45, 2.75) is 12.8 Å². The van der Waals surface area contributed by atoms with Gasteiger partial charge in [-0.05, 0) is 41.0 Å². The van der Waals surface area contributed by atoms with E-state index in [-0.39, 0.29) is 5.92 Å². The van der Waals surface area contributed by atoms with Gasteiger partial charge in [0.25, 0.3) is 0 Å². The van der Waals surface area contributed by atoms with E-state index < -0.39 is 0 Å². The SMILES string of the molecule is COc1cc(N(C)C)ccc1C(c1ccc2ccccc2c1)c1[nH]c2ccccc2c1C. The van der Waals surface area contributed by atoms with Gasteiger partial charge in [0.05, 0.1) is 13.0 Å². The molecule has 160 valence electrons. The average molecular weight is 421 g/mol. The van der Waals surface area contributed by atoms with Gasteiger partial charge < -0.3 is 14.6 Å². The number of hydrogen-bond acceptors (Lipinski definition) is 2. The van der Waals surface area contributed by atoms with Gasteiger partial charge in [0.2, 0.25) is 0 Å². The number of aryl methyl sites for hydroxylation is 1. The first-order chi connectivity index (χ1) is 15.6. The van der Waals surface area contributed by atoms with Crippen LogP contribution in [0.25, 0.3) is 21.7 Å². The number of anilines is 1. The van der Waals surface area contributed by atoms with Crippen LogP contribution in [0, 0.1) is 6.92 Å². The summed E-state index contributed by atoms with van der Waals surface area (Å²) in [6.07, 6.45) is 0. The summed E-state index contributed by atoms with van der Waals surface area (Å²) in [6, 6.07) is 30.3. The zero-order valence-electron chi connectivity index (χ0n) is 19.0. The number of nitrogens with zero attached hydrogens (tertiary/aromatic N) is 1. The molecule has 1 heterocycles. The number of para-hydroxylation sites is 1. The van der Waals surface area contributed by atoms with Crippen molar-refractivity contribution in [2.24, 2.45) is 0 Å². The highest BCUT2D eigenvalue weighted by molar-refractivity contribution is 5.86. The molecule has 0 spiro atoms. The van der Waals surface area contributed by atoms with E-state index in [1.807, 2.05) is 0 Å². The predicted molar refractivity (Wildman–Crippen MR) is 135 cm³/mol. The van der Waals surface area contributed by atoms with Crippen LogP contribution in [-0.2, 0) is 0 Å². The fraction of sp³-hybridized carbons (Fsp3) is 0.172. The minimum Gasteiger partial charge on any atom is -0.496 e. The second kappa shape index (κ2) is 8.08. The number of fused-ring (bicyclic) bond motifs is 2. The molecule has 0 aliphatic heterocycles. The van der Waals surface area contributed by atoms with Crippen molar-refractivity contribution >= 4 is 27.4 Å². The maximum Gasteiger partial charge on any atom is 0.125 e. The lowest BCUT2D eigenvalue weighted by Crippen LogP contribution is -2.11. The first-order valence-electron chi connectivity index (χ1n) is 11.0. The summed E-state index contributed by atoms with van der Waals surface area (Å²) < 4.78 is 5.92. The number of rotatable bonds is 5. The molecule has 32 heavy (non-hydrogen) atoms. The molecule has 0 aliphatic carbocycles. The maximum absolute atomic E-state index is 5.92. The maximum atomic E-state index is 5.92. The predicted octanol–water partition coefficient (Wildman–Crippen LogP) is 6.88. The van der Waals surface area contributed by atoms with Gasteiger partial charge in [-0.2, -0.15) is 0 Å². The average Bonchev–Trinajstić information content (AvgIpc) is 3.15. The number of aromatic nitrogens is 1. The Morgan fingerprint density at radius 2 is 1.56 bits per heavy atom. The summed E-state index contributed by atoms with van der Waals surface area (Å²) in [5.41, 5.74) is 7.16. The lowest BCUT2D eigenvalue weighted by atomic mass is 9.85. The molecular formula is C29H28N2O. The Kier molecular flexibility index (Phi) is 5.10. The molecule has 4 aromatic carbocycles. The lowest BCUT2D eigenvalue weighted by Gasteiger charge is -2.23. The van der Waals surface area contributed by atoms with E-state index in [0.717, 1.165) is 22.5 Å². The van der Waals surface area contributed by atoms with E-state index >= 15 is 0 Å². The molecule has 0 aliphatic rings. The fourth-order valence-electron chi connectivity index (χ4n) is 4.70. The molecule has 0 bridgehead atoms. The quantitative estimate of drug-likeness (QED) is 0.335. The summed E-state index contributed by atoms with van der Waals surface area (Å²) in [5.74, 6) is 0.922. The molecule has 3 heteroatoms. The van der Waals surface area contributed by atoms with Crippen LogP contribution in [0.3, 0.4) is 0 Å². The van der Waals surface area contributed by atoms with Crippen LogP contribution in [0.1, 0.15) is 28.3 Å². The third-order valence-corrected chi connectivity index (χ3v) is 6.44. The van der Waals surface area contributed by atoms with E-state index in [0.29, 0.717) is 0 Å². The number of benzene rings is 4. The molecule has 1 N–H and O–H groups in total. The highest BCUT2D eigenvalue weighted by Crippen LogP contribution is 2.41. The van der Waals surface area contributed by atoms with Crippen LogP contribution >= 0.6 is 0 Å². The summed E-state index contributed by atoms with van der Waals surface area (Å²) in [7, 11) is 5.86. The first-order valence-corrected chi connectivity index (χ1v) is 11.0. The lowest BCUT2D eigenvalue weighted by molar-refractivity contribution is 0.409. The third-order valence-electron chi connectivity index (χ3n) is 6.44. The van der Waals surface area contributed by atoms with Crippen molar-refractivity contribution < 1.29 is 4.74 Å². The monoisotopic (exact) mass is 420 g/mol. The molecule has 1 unspecified atom stereocenters. The summed E-state index contributed by atoms with van der Waals surface area (Å²) in [6.45, 7) is 2.21. The Labute approximate surface area is 189 Å². The van der Waals surface area contributed by atoms with Gasteiger partial charge >= 0.3 is 0 Å². The van der Waals surface area contributed by atoms with Crippen LogP contribution in [0.5, 0.6) is 5.75 Å². The molecule has 0 fully saturated rings. The van der Waals surface area contributed by atoms with Gasteiger partial charge in [0.1, 0.15) is 5.75 Å². The van der Waals surface area contributed by atoms with Crippen molar-refractivity contribution in [3.05, 3.63) is 107 Å². The molecule has 1 atom stereocenters. The summed E-state index contributed by atoms with van der Waals surface area (Å²) >= 11 is 0. The van der Waals surface area contributed by atoms with Crippen LogP contribution < -0.4 is 9.64 Å². The van der Waals surface area contributed by atoms with Gasteiger partial charge in [-0.25, -0.2) is 0 Å². The number of aromatic amines is 1. The number of H-pyrrole nitrogens is 1. The van der Waals surface area contributed by atoms with Crippen LogP contribution in [-0.4, -0.2) is 26.2 Å². The van der Waals surface area contributed by atoms with Gasteiger partial charge in [-0.1, -0.05) is 66.7 Å². The first kappa shape index (κ1) is 20.2. The van der Waals surface area contributed by atoms with E-state index in [2.05, 4.69) is 116 Å². The molecule has 0 saturated heterocycles. The Morgan fingerprint density at radius 1 is 0.812 bits per heavy atom. The van der Waals surface area contributed by atoms with Gasteiger partial charge in [-0.15, -0.1) is 0 Å². The van der Waals surface area contributed by atoms with E-state index in [1.54, 1.807) is 7.11 Å². The Bertz CT molecular complexity index is 1410. The van der Waals surface area contributed by atoms with Gasteiger partial charge in [-0.3, -0.25) is 0 Å². The largest absolute Gasteiger partial charge is 0.496 e. The minimum atomic E-state index is 0.0261. The fourth-order valence-corrected chi connectivity index (χ4v) is 4.70. The zero-order valence-corrected chi connectivity index (χ0v) is 19.0. The molecule has 5 rings (SSSR count).